The molecule has 0 spiro atoms. The Kier molecular flexibility index (Phi) is 7.18. The fourth-order valence-electron chi connectivity index (χ4n) is 4.52. The first-order valence-corrected chi connectivity index (χ1v) is 12.9. The van der Waals surface area contributed by atoms with Gasteiger partial charge in [0.1, 0.15) is 0 Å². The number of nitrogens with zero attached hydrogens (tertiary/aromatic N) is 2. The topological polar surface area (TPSA) is 69.7 Å². The average molecular weight is 496 g/mol. The standard InChI is InChI=1S/C24H28F3N3O3S/c25-24(26,27)19-6-4-9-22(16-19)34(32,33)30-14-10-18(11-15-30)23(31)28-20-7-5-8-21(17-20)29-12-2-1-3-13-29/h4-9,16-18H,1-3,10-15H2,(H,28,31). The van der Waals surface area contributed by atoms with Gasteiger partial charge >= 0.3 is 6.18 Å². The van der Waals surface area contributed by atoms with Crippen molar-refractivity contribution in [2.24, 2.45) is 5.92 Å². The summed E-state index contributed by atoms with van der Waals surface area (Å²) >= 11 is 0. The number of carbonyl (C=O) groups is 1. The number of sulfonamides is 1. The van der Waals surface area contributed by atoms with Crippen LogP contribution in [-0.4, -0.2) is 44.8 Å². The zero-order valence-electron chi connectivity index (χ0n) is 18.7. The minimum atomic E-state index is -4.62. The van der Waals surface area contributed by atoms with Gasteiger partial charge in [0.25, 0.3) is 0 Å². The summed E-state index contributed by atoms with van der Waals surface area (Å²) < 4.78 is 65.9. The van der Waals surface area contributed by atoms with E-state index in [1.54, 1.807) is 0 Å². The number of hydrogen-bond acceptors (Lipinski definition) is 4. The second kappa shape index (κ2) is 9.95. The Morgan fingerprint density at radius 3 is 2.26 bits per heavy atom. The summed E-state index contributed by atoms with van der Waals surface area (Å²) in [5, 5.41) is 2.94. The predicted molar refractivity (Wildman–Crippen MR) is 124 cm³/mol. The van der Waals surface area contributed by atoms with Crippen molar-refractivity contribution >= 4 is 27.3 Å². The van der Waals surface area contributed by atoms with Crippen molar-refractivity contribution in [3.63, 3.8) is 0 Å². The van der Waals surface area contributed by atoms with Gasteiger partial charge in [-0.2, -0.15) is 17.5 Å². The highest BCUT2D eigenvalue weighted by atomic mass is 32.2. The molecule has 10 heteroatoms. The molecule has 1 N–H and O–H groups in total. The van der Waals surface area contributed by atoms with E-state index in [-0.39, 0.29) is 29.8 Å². The van der Waals surface area contributed by atoms with E-state index in [0.29, 0.717) is 24.6 Å². The highest BCUT2D eigenvalue weighted by molar-refractivity contribution is 7.89. The molecule has 2 aromatic carbocycles. The zero-order chi connectivity index (χ0) is 24.3. The van der Waals surface area contributed by atoms with Gasteiger partial charge in [-0.3, -0.25) is 4.79 Å². The molecule has 184 valence electrons. The highest BCUT2D eigenvalue weighted by Crippen LogP contribution is 2.32. The molecule has 2 heterocycles. The van der Waals surface area contributed by atoms with Crippen LogP contribution in [0.1, 0.15) is 37.7 Å². The summed E-state index contributed by atoms with van der Waals surface area (Å²) in [7, 11) is -4.07. The van der Waals surface area contributed by atoms with Gasteiger partial charge < -0.3 is 10.2 Å². The number of nitrogens with one attached hydrogen (secondary N) is 1. The van der Waals surface area contributed by atoms with Gasteiger partial charge in [0.2, 0.25) is 15.9 Å². The quantitative estimate of drug-likeness (QED) is 0.651. The molecule has 0 aliphatic carbocycles. The molecule has 0 atom stereocenters. The van der Waals surface area contributed by atoms with Gasteiger partial charge in [-0.05, 0) is 68.5 Å². The van der Waals surface area contributed by atoms with Crippen LogP contribution in [0.2, 0.25) is 0 Å². The van der Waals surface area contributed by atoms with Crippen LogP contribution in [0.25, 0.3) is 0 Å². The number of anilines is 2. The second-order valence-corrected chi connectivity index (χ2v) is 10.7. The van der Waals surface area contributed by atoms with Crippen LogP contribution in [0.3, 0.4) is 0 Å². The van der Waals surface area contributed by atoms with E-state index in [2.05, 4.69) is 10.2 Å². The van der Waals surface area contributed by atoms with Crippen LogP contribution in [0, 0.1) is 5.92 Å². The lowest BCUT2D eigenvalue weighted by Gasteiger charge is -2.31. The van der Waals surface area contributed by atoms with E-state index in [0.717, 1.165) is 48.1 Å². The van der Waals surface area contributed by atoms with Gasteiger partial charge in [-0.15, -0.1) is 0 Å². The van der Waals surface area contributed by atoms with Crippen LogP contribution in [-0.2, 0) is 21.0 Å². The number of benzene rings is 2. The van der Waals surface area contributed by atoms with Crippen LogP contribution in [0.4, 0.5) is 24.5 Å². The Morgan fingerprint density at radius 1 is 0.912 bits per heavy atom. The molecule has 2 aromatic rings. The smallest absolute Gasteiger partial charge is 0.371 e. The molecule has 4 rings (SSSR count). The summed E-state index contributed by atoms with van der Waals surface area (Å²) in [6.07, 6.45) is -0.486. The lowest BCUT2D eigenvalue weighted by atomic mass is 9.97. The van der Waals surface area contributed by atoms with E-state index in [9.17, 15) is 26.4 Å². The first-order chi connectivity index (χ1) is 16.1. The first-order valence-electron chi connectivity index (χ1n) is 11.5. The Bertz CT molecular complexity index is 1120. The predicted octanol–water partition coefficient (Wildman–Crippen LogP) is 4.74. The number of alkyl halides is 3. The van der Waals surface area contributed by atoms with Gasteiger partial charge in [0, 0.05) is 43.5 Å². The molecule has 0 aromatic heterocycles. The van der Waals surface area contributed by atoms with E-state index in [1.165, 1.54) is 12.5 Å². The van der Waals surface area contributed by atoms with E-state index < -0.39 is 21.8 Å². The van der Waals surface area contributed by atoms with Gasteiger partial charge in [-0.25, -0.2) is 8.42 Å². The average Bonchev–Trinajstić information content (AvgIpc) is 2.84. The second-order valence-electron chi connectivity index (χ2n) is 8.79. The summed E-state index contributed by atoms with van der Waals surface area (Å²) in [5.41, 5.74) is 0.765. The van der Waals surface area contributed by atoms with E-state index in [4.69, 9.17) is 0 Å². The fraction of sp³-hybridized carbons (Fsp3) is 0.458. The van der Waals surface area contributed by atoms with Gasteiger partial charge in [0.05, 0.1) is 10.5 Å². The molecule has 1 amide bonds. The summed E-state index contributed by atoms with van der Waals surface area (Å²) in [6, 6.07) is 11.5. The van der Waals surface area contributed by atoms with Gasteiger partial charge in [0.15, 0.2) is 0 Å². The van der Waals surface area contributed by atoms with Crippen molar-refractivity contribution in [2.45, 2.75) is 43.2 Å². The van der Waals surface area contributed by atoms with Crippen molar-refractivity contribution < 1.29 is 26.4 Å². The number of amides is 1. The summed E-state index contributed by atoms with van der Waals surface area (Å²) in [5.74, 6) is -0.543. The van der Waals surface area contributed by atoms with Crippen molar-refractivity contribution in [3.05, 3.63) is 54.1 Å². The molecular formula is C24H28F3N3O3S. The molecule has 34 heavy (non-hydrogen) atoms. The number of halogens is 3. The monoisotopic (exact) mass is 495 g/mol. The Balaban J connectivity index is 1.37. The largest absolute Gasteiger partial charge is 0.416 e. The lowest BCUT2D eigenvalue weighted by molar-refractivity contribution is -0.137. The third kappa shape index (κ3) is 5.55. The molecule has 2 aliphatic rings. The maximum Gasteiger partial charge on any atom is 0.416 e. The SMILES string of the molecule is O=C(Nc1cccc(N2CCCCC2)c1)C1CCN(S(=O)(=O)c2cccc(C(F)(F)F)c2)CC1. The molecule has 2 saturated heterocycles. The minimum Gasteiger partial charge on any atom is -0.371 e. The van der Waals surface area contributed by atoms with E-state index >= 15 is 0 Å². The number of carbonyl (C=O) groups excluding carboxylic acids is 1. The first kappa shape index (κ1) is 24.5. The molecule has 2 aliphatic heterocycles. The molecule has 0 bridgehead atoms. The maximum absolute atomic E-state index is 13.0. The van der Waals surface area contributed by atoms with Crippen LogP contribution >= 0.6 is 0 Å². The number of rotatable bonds is 5. The van der Waals surface area contributed by atoms with Crippen LogP contribution in [0.5, 0.6) is 0 Å². The maximum atomic E-state index is 13.0. The normalized spacial score (nSPS) is 18.6. The van der Waals surface area contributed by atoms with Crippen molar-refractivity contribution in [3.8, 4) is 0 Å². The van der Waals surface area contributed by atoms with Crippen molar-refractivity contribution in [2.75, 3.05) is 36.4 Å². The molecule has 6 nitrogen and oxygen atoms in total. The zero-order valence-corrected chi connectivity index (χ0v) is 19.5. The lowest BCUT2D eigenvalue weighted by Crippen LogP contribution is -2.41. The van der Waals surface area contributed by atoms with Crippen molar-refractivity contribution in [1.82, 2.24) is 4.31 Å². The highest BCUT2D eigenvalue weighted by Gasteiger charge is 2.35. The number of piperidine rings is 2. The molecule has 0 radical (unpaired) electrons. The minimum absolute atomic E-state index is 0.0739. The third-order valence-corrected chi connectivity index (χ3v) is 8.35. The van der Waals surface area contributed by atoms with Gasteiger partial charge in [-0.1, -0.05) is 12.1 Å². The Hall–Kier alpha value is -2.59. The molecule has 0 saturated carbocycles. The fourth-order valence-corrected chi connectivity index (χ4v) is 6.03. The summed E-state index contributed by atoms with van der Waals surface area (Å²) in [6.45, 7) is 2.14. The third-order valence-electron chi connectivity index (χ3n) is 6.46. The Labute approximate surface area is 197 Å². The molecule has 2 fully saturated rings. The van der Waals surface area contributed by atoms with E-state index in [1.807, 2.05) is 24.3 Å². The van der Waals surface area contributed by atoms with Crippen molar-refractivity contribution in [1.29, 1.82) is 0 Å². The molecular weight excluding hydrogens is 467 g/mol. The number of hydrogen-bond donors (Lipinski definition) is 1. The summed E-state index contributed by atoms with van der Waals surface area (Å²) in [4.78, 5) is 14.7. The van der Waals surface area contributed by atoms with Crippen LogP contribution in [0.15, 0.2) is 53.4 Å². The molecule has 0 unspecified atom stereocenters. The Morgan fingerprint density at radius 2 is 1.59 bits per heavy atom. The van der Waals surface area contributed by atoms with Crippen LogP contribution < -0.4 is 10.2 Å².